The molecule has 0 amide bonds. The van der Waals surface area contributed by atoms with Crippen LogP contribution in [0.5, 0.6) is 5.75 Å². The molecule has 0 bridgehead atoms. The number of halogens is 2. The van der Waals surface area contributed by atoms with Gasteiger partial charge in [0.15, 0.2) is 5.69 Å². The zero-order chi connectivity index (χ0) is 25.7. The van der Waals surface area contributed by atoms with E-state index in [-0.39, 0.29) is 25.1 Å². The molecule has 3 aromatic carbocycles. The minimum atomic E-state index is -1.11. The van der Waals surface area contributed by atoms with Crippen molar-refractivity contribution in [2.24, 2.45) is 0 Å². The molecule has 0 unspecified atom stereocenters. The second-order valence-electron chi connectivity index (χ2n) is 9.11. The molecule has 1 aliphatic heterocycles. The van der Waals surface area contributed by atoms with Gasteiger partial charge in [-0.3, -0.25) is 4.90 Å². The molecular formula is C28H29ClFN3O3. The van der Waals surface area contributed by atoms with Crippen molar-refractivity contribution in [3.8, 4) is 5.75 Å². The van der Waals surface area contributed by atoms with Crippen molar-refractivity contribution >= 4 is 23.0 Å². The van der Waals surface area contributed by atoms with Gasteiger partial charge in [-0.25, -0.2) is 9.24 Å². The van der Waals surface area contributed by atoms with Crippen LogP contribution < -0.4 is 9.64 Å². The summed E-state index contributed by atoms with van der Waals surface area (Å²) in [4.78, 5) is 7.81. The molecule has 36 heavy (non-hydrogen) atoms. The van der Waals surface area contributed by atoms with E-state index in [9.17, 15) is 9.50 Å². The molecule has 8 heteroatoms. The summed E-state index contributed by atoms with van der Waals surface area (Å²) in [5, 5.41) is 20.8. The number of β-amino-alcohol motifs (C(OH)–C–C–N with tert-alkyl or cyclic N) is 1. The highest BCUT2D eigenvalue weighted by atomic mass is 35.5. The number of aliphatic hydroxyl groups is 2. The predicted molar refractivity (Wildman–Crippen MR) is 139 cm³/mol. The predicted octanol–water partition coefficient (Wildman–Crippen LogP) is 5.17. The van der Waals surface area contributed by atoms with E-state index >= 15 is 0 Å². The number of hydrogen-bond acceptors (Lipinski definition) is 5. The topological polar surface area (TPSA) is 60.5 Å². The summed E-state index contributed by atoms with van der Waals surface area (Å²) < 4.78 is 19.2. The van der Waals surface area contributed by atoms with Crippen molar-refractivity contribution in [2.75, 3.05) is 44.3 Å². The van der Waals surface area contributed by atoms with Gasteiger partial charge in [0.05, 0.1) is 35.5 Å². The molecule has 3 aromatic rings. The number of ether oxygens (including phenoxy) is 1. The third-order valence-electron chi connectivity index (χ3n) is 6.46. The Kier molecular flexibility index (Phi) is 8.12. The zero-order valence-corrected chi connectivity index (χ0v) is 20.8. The van der Waals surface area contributed by atoms with Gasteiger partial charge in [0, 0.05) is 32.2 Å². The van der Waals surface area contributed by atoms with Crippen LogP contribution >= 0.6 is 11.6 Å². The second kappa shape index (κ2) is 11.3. The molecule has 0 aromatic heterocycles. The second-order valence-corrected chi connectivity index (χ2v) is 9.52. The van der Waals surface area contributed by atoms with Gasteiger partial charge >= 0.3 is 0 Å². The number of nitrogens with zero attached hydrogens (tertiary/aromatic N) is 3. The van der Waals surface area contributed by atoms with Gasteiger partial charge in [-0.05, 0) is 42.3 Å². The van der Waals surface area contributed by atoms with Crippen molar-refractivity contribution in [3.05, 3.63) is 100 Å². The summed E-state index contributed by atoms with van der Waals surface area (Å²) in [5.41, 5.74) is 1.95. The Bertz CT molecular complexity index is 1210. The van der Waals surface area contributed by atoms with E-state index in [1.54, 1.807) is 49.4 Å². The molecule has 188 valence electrons. The Hall–Kier alpha value is -3.15. The minimum absolute atomic E-state index is 0.0819. The molecule has 1 aliphatic rings. The van der Waals surface area contributed by atoms with Gasteiger partial charge in [0.2, 0.25) is 0 Å². The summed E-state index contributed by atoms with van der Waals surface area (Å²) >= 11 is 6.65. The molecule has 0 saturated carbocycles. The fourth-order valence-corrected chi connectivity index (χ4v) is 4.92. The maximum absolute atomic E-state index is 13.7. The van der Waals surface area contributed by atoms with Crippen LogP contribution in [0.2, 0.25) is 5.02 Å². The Morgan fingerprint density at radius 3 is 2.47 bits per heavy atom. The number of benzene rings is 3. The average Bonchev–Trinajstić information content (AvgIpc) is 2.88. The lowest BCUT2D eigenvalue weighted by atomic mass is 9.93. The van der Waals surface area contributed by atoms with Gasteiger partial charge in [0.25, 0.3) is 0 Å². The molecular weight excluding hydrogens is 481 g/mol. The number of rotatable bonds is 8. The van der Waals surface area contributed by atoms with Crippen LogP contribution in [0.1, 0.15) is 24.1 Å². The van der Waals surface area contributed by atoms with E-state index in [0.717, 1.165) is 16.8 Å². The van der Waals surface area contributed by atoms with Gasteiger partial charge < -0.3 is 19.8 Å². The van der Waals surface area contributed by atoms with Crippen molar-refractivity contribution in [3.63, 3.8) is 0 Å². The van der Waals surface area contributed by atoms with E-state index in [1.165, 1.54) is 12.1 Å². The molecule has 4 rings (SSSR count). The molecule has 0 aliphatic carbocycles. The quantitative estimate of drug-likeness (QED) is 0.410. The van der Waals surface area contributed by atoms with E-state index < -0.39 is 5.60 Å². The van der Waals surface area contributed by atoms with Crippen LogP contribution in [-0.4, -0.2) is 54.5 Å². The first-order chi connectivity index (χ1) is 17.3. The Labute approximate surface area is 215 Å². The van der Waals surface area contributed by atoms with Crippen LogP contribution in [0.3, 0.4) is 0 Å². The van der Waals surface area contributed by atoms with E-state index in [0.29, 0.717) is 42.6 Å². The largest absolute Gasteiger partial charge is 0.491 e. The van der Waals surface area contributed by atoms with Gasteiger partial charge in [-0.2, -0.15) is 0 Å². The fourth-order valence-electron chi connectivity index (χ4n) is 4.64. The third-order valence-corrected chi connectivity index (χ3v) is 6.76. The van der Waals surface area contributed by atoms with Gasteiger partial charge in [0.1, 0.15) is 18.2 Å². The van der Waals surface area contributed by atoms with Crippen molar-refractivity contribution in [1.82, 2.24) is 4.90 Å². The number of hydrogen-bond donors (Lipinski definition) is 2. The Morgan fingerprint density at radius 1 is 1.11 bits per heavy atom. The molecule has 2 atom stereocenters. The zero-order valence-electron chi connectivity index (χ0n) is 20.1. The first-order valence-electron chi connectivity index (χ1n) is 11.8. The highest BCUT2D eigenvalue weighted by molar-refractivity contribution is 6.33. The lowest BCUT2D eigenvalue weighted by Gasteiger charge is -2.45. The molecule has 2 N–H and O–H groups in total. The summed E-state index contributed by atoms with van der Waals surface area (Å²) in [6.07, 6.45) is 0. The van der Waals surface area contributed by atoms with Crippen molar-refractivity contribution < 1.29 is 19.3 Å². The van der Waals surface area contributed by atoms with E-state index in [1.807, 2.05) is 12.1 Å². The summed E-state index contributed by atoms with van der Waals surface area (Å²) in [6, 6.07) is 18.8. The monoisotopic (exact) mass is 509 g/mol. The average molecular weight is 510 g/mol. The SMILES string of the molecule is [C-]#[N+]c1ccc([C@@](C)(O)CN2CCN(c3ccc(OCCO)cc3Cl)[C@H](c3ccc(F)cc3)C2)cc1. The minimum Gasteiger partial charge on any atom is -0.491 e. The first-order valence-corrected chi connectivity index (χ1v) is 12.2. The first kappa shape index (κ1) is 25.9. The van der Waals surface area contributed by atoms with Crippen LogP contribution in [0.15, 0.2) is 66.7 Å². The maximum Gasteiger partial charge on any atom is 0.187 e. The smallest absolute Gasteiger partial charge is 0.187 e. The van der Waals surface area contributed by atoms with Crippen molar-refractivity contribution in [2.45, 2.75) is 18.6 Å². The number of piperazine rings is 1. The van der Waals surface area contributed by atoms with Crippen LogP contribution in [0, 0.1) is 12.4 Å². The highest BCUT2D eigenvalue weighted by Gasteiger charge is 2.34. The highest BCUT2D eigenvalue weighted by Crippen LogP contribution is 2.38. The van der Waals surface area contributed by atoms with E-state index in [4.69, 9.17) is 28.0 Å². The van der Waals surface area contributed by atoms with Crippen LogP contribution in [0.25, 0.3) is 4.85 Å². The third kappa shape index (κ3) is 5.97. The lowest BCUT2D eigenvalue weighted by Crippen LogP contribution is -2.52. The molecule has 6 nitrogen and oxygen atoms in total. The number of anilines is 1. The number of aliphatic hydroxyl groups excluding tert-OH is 1. The Morgan fingerprint density at radius 2 is 1.83 bits per heavy atom. The normalized spacial score (nSPS) is 17.9. The lowest BCUT2D eigenvalue weighted by molar-refractivity contribution is 0.0103. The van der Waals surface area contributed by atoms with Crippen molar-refractivity contribution in [1.29, 1.82) is 0 Å². The standard InChI is InChI=1S/C28H29ClFN3O3/c1-28(35,21-5-9-23(31-2)10-6-21)19-32-13-14-33(27(18-32)20-3-7-22(30)8-4-20)26-12-11-24(17-25(26)29)36-16-15-34/h3-12,17,27,34-35H,13-16,18-19H2,1H3/t27-,28-/m0/s1. The molecule has 1 saturated heterocycles. The molecule has 0 spiro atoms. The molecule has 1 fully saturated rings. The van der Waals surface area contributed by atoms with Crippen LogP contribution in [-0.2, 0) is 5.60 Å². The van der Waals surface area contributed by atoms with E-state index in [2.05, 4.69) is 14.6 Å². The van der Waals surface area contributed by atoms with Gasteiger partial charge in [-0.15, -0.1) is 0 Å². The summed E-state index contributed by atoms with van der Waals surface area (Å²) in [5.74, 6) is 0.280. The summed E-state index contributed by atoms with van der Waals surface area (Å²) in [6.45, 7) is 11.4. The van der Waals surface area contributed by atoms with Crippen LogP contribution in [0.4, 0.5) is 15.8 Å². The fraction of sp³-hybridized carbons (Fsp3) is 0.321. The maximum atomic E-state index is 13.7. The summed E-state index contributed by atoms with van der Waals surface area (Å²) in [7, 11) is 0. The Balaban J connectivity index is 1.58. The van der Waals surface area contributed by atoms with Gasteiger partial charge in [-0.1, -0.05) is 48.0 Å². The molecule has 0 radical (unpaired) electrons. The molecule has 1 heterocycles.